The second-order valence-corrected chi connectivity index (χ2v) is 3.46. The second-order valence-electron chi connectivity index (χ2n) is 3.46. The first kappa shape index (κ1) is 11.6. The molecule has 15 heavy (non-hydrogen) atoms. The Labute approximate surface area is 90.2 Å². The molecule has 0 spiro atoms. The maximum absolute atomic E-state index is 9.71. The van der Waals surface area contributed by atoms with Crippen LogP contribution >= 0.6 is 0 Å². The molecule has 5 heteroatoms. The van der Waals surface area contributed by atoms with Crippen LogP contribution in [0.4, 0.5) is 0 Å². The lowest BCUT2D eigenvalue weighted by Crippen LogP contribution is -2.23. The minimum absolute atomic E-state index is 0.155. The molecule has 1 rings (SSSR count). The number of hydrogen-bond donors (Lipinski definition) is 2. The van der Waals surface area contributed by atoms with Gasteiger partial charge in [0.25, 0.3) is 0 Å². The van der Waals surface area contributed by atoms with E-state index in [0.717, 1.165) is 18.8 Å². The minimum Gasteiger partial charge on any atom is -0.508 e. The van der Waals surface area contributed by atoms with Crippen molar-refractivity contribution in [2.45, 2.75) is 19.4 Å². The standard InChI is InChI=1S/C10H18N4O/c1-4-10(11-2)12-5-9(15)8-6-14(3)7-13-8/h5,7-8,15H,4,6H2,1-3H3,(H,11,12)/b9-5-/t8-/m1/s1. The molecule has 1 heterocycles. The number of rotatable bonds is 3. The molecule has 1 aliphatic rings. The number of aliphatic hydroxyl groups is 1. The minimum atomic E-state index is -0.155. The maximum Gasteiger partial charge on any atom is 0.135 e. The quantitative estimate of drug-likeness (QED) is 0.410. The maximum atomic E-state index is 9.71. The van der Waals surface area contributed by atoms with Crippen LogP contribution < -0.4 is 5.32 Å². The van der Waals surface area contributed by atoms with E-state index >= 15 is 0 Å². The summed E-state index contributed by atoms with van der Waals surface area (Å²) in [5, 5.41) is 12.7. The molecular formula is C10H18N4O. The van der Waals surface area contributed by atoms with Crippen molar-refractivity contribution in [3.8, 4) is 0 Å². The summed E-state index contributed by atoms with van der Waals surface area (Å²) in [6.45, 7) is 2.72. The van der Waals surface area contributed by atoms with Gasteiger partial charge in [-0.25, -0.2) is 0 Å². The van der Waals surface area contributed by atoms with Crippen molar-refractivity contribution >= 4 is 12.2 Å². The van der Waals surface area contributed by atoms with E-state index < -0.39 is 0 Å². The molecule has 0 saturated heterocycles. The predicted octanol–water partition coefficient (Wildman–Crippen LogP) is 0.756. The molecule has 5 nitrogen and oxygen atoms in total. The molecule has 1 atom stereocenters. The van der Waals surface area contributed by atoms with Crippen molar-refractivity contribution in [3.63, 3.8) is 0 Å². The van der Waals surface area contributed by atoms with Crippen LogP contribution in [-0.2, 0) is 0 Å². The average molecular weight is 210 g/mol. The van der Waals surface area contributed by atoms with Crippen molar-refractivity contribution in [2.24, 2.45) is 9.98 Å². The summed E-state index contributed by atoms with van der Waals surface area (Å²) in [5.41, 5.74) is 0. The van der Waals surface area contributed by atoms with Gasteiger partial charge in [-0.3, -0.25) is 9.98 Å². The molecule has 0 amide bonds. The summed E-state index contributed by atoms with van der Waals surface area (Å²) in [6.07, 6.45) is 4.10. The third-order valence-corrected chi connectivity index (χ3v) is 2.24. The van der Waals surface area contributed by atoms with Crippen molar-refractivity contribution in [1.29, 1.82) is 0 Å². The van der Waals surface area contributed by atoms with Crippen molar-refractivity contribution in [1.82, 2.24) is 10.2 Å². The molecule has 0 unspecified atom stereocenters. The molecule has 0 fully saturated rings. The summed E-state index contributed by atoms with van der Waals surface area (Å²) in [7, 11) is 3.65. The van der Waals surface area contributed by atoms with Gasteiger partial charge in [0, 0.05) is 33.3 Å². The van der Waals surface area contributed by atoms with E-state index in [9.17, 15) is 5.11 Å². The van der Waals surface area contributed by atoms with Crippen LogP contribution in [0.5, 0.6) is 0 Å². The zero-order chi connectivity index (χ0) is 11.3. The highest BCUT2D eigenvalue weighted by atomic mass is 16.3. The highest BCUT2D eigenvalue weighted by molar-refractivity contribution is 5.82. The first-order chi connectivity index (χ1) is 7.17. The Morgan fingerprint density at radius 2 is 2.53 bits per heavy atom. The lowest BCUT2D eigenvalue weighted by molar-refractivity contribution is 0.352. The lowest BCUT2D eigenvalue weighted by atomic mass is 10.2. The van der Waals surface area contributed by atoms with Gasteiger partial charge in [0.2, 0.25) is 0 Å². The fourth-order valence-corrected chi connectivity index (χ4v) is 1.31. The number of nitrogens with one attached hydrogen (secondary N) is 1. The van der Waals surface area contributed by atoms with Gasteiger partial charge in [0.1, 0.15) is 11.8 Å². The molecule has 0 bridgehead atoms. The topological polar surface area (TPSA) is 60.2 Å². The van der Waals surface area contributed by atoms with Gasteiger partial charge in [-0.2, -0.15) is 0 Å². The molecule has 0 aromatic heterocycles. The number of aliphatic hydroxyl groups excluding tert-OH is 1. The normalized spacial score (nSPS) is 22.3. The molecular weight excluding hydrogens is 192 g/mol. The Hall–Kier alpha value is -1.52. The van der Waals surface area contributed by atoms with Crippen molar-refractivity contribution in [2.75, 3.05) is 20.6 Å². The van der Waals surface area contributed by atoms with Gasteiger partial charge in [-0.1, -0.05) is 6.92 Å². The molecule has 0 aromatic carbocycles. The number of likely N-dealkylation sites (N-methyl/N-ethyl adjacent to an activating group) is 1. The Balaban J connectivity index is 2.50. The Morgan fingerprint density at radius 1 is 1.80 bits per heavy atom. The van der Waals surface area contributed by atoms with Gasteiger partial charge in [-0.05, 0) is 0 Å². The van der Waals surface area contributed by atoms with Crippen LogP contribution in [0.1, 0.15) is 13.3 Å². The van der Waals surface area contributed by atoms with Crippen LogP contribution in [0.25, 0.3) is 0 Å². The fourth-order valence-electron chi connectivity index (χ4n) is 1.31. The van der Waals surface area contributed by atoms with Crippen molar-refractivity contribution in [3.05, 3.63) is 12.0 Å². The molecule has 1 aliphatic heterocycles. The van der Waals surface area contributed by atoms with Crippen LogP contribution in [0, 0.1) is 0 Å². The SMILES string of the molecule is CCC(=NC)N/C=C(\O)[C@H]1CN(C)C=N1. The lowest BCUT2D eigenvalue weighted by Gasteiger charge is -2.10. The third-order valence-electron chi connectivity index (χ3n) is 2.24. The number of amidine groups is 1. The van der Waals surface area contributed by atoms with Crippen LogP contribution in [0.2, 0.25) is 0 Å². The Bertz CT molecular complexity index is 296. The fraction of sp³-hybridized carbons (Fsp3) is 0.600. The summed E-state index contributed by atoms with van der Waals surface area (Å²) in [5.74, 6) is 1.09. The molecule has 84 valence electrons. The summed E-state index contributed by atoms with van der Waals surface area (Å²) < 4.78 is 0. The monoisotopic (exact) mass is 210 g/mol. The number of hydrogen-bond acceptors (Lipinski definition) is 4. The van der Waals surface area contributed by atoms with E-state index in [-0.39, 0.29) is 11.8 Å². The molecule has 0 saturated carbocycles. The zero-order valence-electron chi connectivity index (χ0n) is 9.44. The van der Waals surface area contributed by atoms with E-state index in [1.165, 1.54) is 0 Å². The molecule has 0 aromatic rings. The number of aliphatic imine (C=N–C) groups is 2. The number of nitrogens with zero attached hydrogens (tertiary/aromatic N) is 3. The van der Waals surface area contributed by atoms with E-state index in [1.54, 1.807) is 19.6 Å². The van der Waals surface area contributed by atoms with Gasteiger partial charge in [-0.15, -0.1) is 0 Å². The first-order valence-corrected chi connectivity index (χ1v) is 5.02. The molecule has 0 aliphatic carbocycles. The van der Waals surface area contributed by atoms with E-state index in [2.05, 4.69) is 15.3 Å². The summed E-state index contributed by atoms with van der Waals surface area (Å²) in [6, 6.07) is -0.155. The highest BCUT2D eigenvalue weighted by Gasteiger charge is 2.18. The largest absolute Gasteiger partial charge is 0.508 e. The summed E-state index contributed by atoms with van der Waals surface area (Å²) >= 11 is 0. The van der Waals surface area contributed by atoms with Crippen LogP contribution in [0.3, 0.4) is 0 Å². The molecule has 0 radical (unpaired) electrons. The molecule has 2 N–H and O–H groups in total. The summed E-state index contributed by atoms with van der Waals surface area (Å²) in [4.78, 5) is 10.1. The predicted molar refractivity (Wildman–Crippen MR) is 62.4 cm³/mol. The third kappa shape index (κ3) is 3.27. The van der Waals surface area contributed by atoms with Crippen LogP contribution in [0.15, 0.2) is 21.9 Å². The van der Waals surface area contributed by atoms with E-state index in [1.807, 2.05) is 18.9 Å². The van der Waals surface area contributed by atoms with Gasteiger partial charge < -0.3 is 15.3 Å². The van der Waals surface area contributed by atoms with Crippen molar-refractivity contribution < 1.29 is 5.11 Å². The van der Waals surface area contributed by atoms with E-state index in [4.69, 9.17) is 0 Å². The Kier molecular flexibility index (Phi) is 4.15. The van der Waals surface area contributed by atoms with Gasteiger partial charge >= 0.3 is 0 Å². The Morgan fingerprint density at radius 3 is 3.00 bits per heavy atom. The second kappa shape index (κ2) is 5.38. The van der Waals surface area contributed by atoms with Gasteiger partial charge in [0.15, 0.2) is 0 Å². The smallest absolute Gasteiger partial charge is 0.135 e. The average Bonchev–Trinajstić information content (AvgIpc) is 2.66. The van der Waals surface area contributed by atoms with Gasteiger partial charge in [0.05, 0.1) is 12.2 Å². The van der Waals surface area contributed by atoms with E-state index in [0.29, 0.717) is 0 Å². The first-order valence-electron chi connectivity index (χ1n) is 5.02. The zero-order valence-corrected chi connectivity index (χ0v) is 9.44. The van der Waals surface area contributed by atoms with Crippen LogP contribution in [-0.4, -0.2) is 48.9 Å². The highest BCUT2D eigenvalue weighted by Crippen LogP contribution is 2.08.